The summed E-state index contributed by atoms with van der Waals surface area (Å²) in [5.41, 5.74) is 0.907. The van der Waals surface area contributed by atoms with Gasteiger partial charge in [0.15, 0.2) is 5.82 Å². The Balaban J connectivity index is 1.75. The number of methoxy groups -OCH3 is 1. The highest BCUT2D eigenvalue weighted by Gasteiger charge is 2.17. The molecule has 3 aromatic rings. The first-order chi connectivity index (χ1) is 14.3. The van der Waals surface area contributed by atoms with E-state index >= 15 is 0 Å². The highest BCUT2D eigenvalue weighted by molar-refractivity contribution is 7.89. The zero-order valence-electron chi connectivity index (χ0n) is 16.0. The number of anilines is 1. The van der Waals surface area contributed by atoms with E-state index < -0.39 is 21.7 Å². The van der Waals surface area contributed by atoms with Gasteiger partial charge in [0.25, 0.3) is 0 Å². The smallest absolute Gasteiger partial charge is 0.248 e. The normalized spacial score (nSPS) is 11.6. The van der Waals surface area contributed by atoms with E-state index in [1.807, 2.05) is 0 Å². The van der Waals surface area contributed by atoms with Crippen LogP contribution in [0.15, 0.2) is 60.0 Å². The van der Waals surface area contributed by atoms with E-state index in [0.29, 0.717) is 5.56 Å². The maximum atomic E-state index is 14.2. The largest absolute Gasteiger partial charge is 0.495 e. The molecule has 0 bridgehead atoms. The van der Waals surface area contributed by atoms with Gasteiger partial charge in [0.1, 0.15) is 29.0 Å². The van der Waals surface area contributed by atoms with Crippen LogP contribution in [-0.2, 0) is 14.8 Å². The maximum Gasteiger partial charge on any atom is 0.248 e. The Bertz CT molecular complexity index is 1190. The first-order valence-electron chi connectivity index (χ1n) is 8.59. The number of nitrogens with one attached hydrogen (secondary N) is 2. The first kappa shape index (κ1) is 21.1. The average molecular weight is 431 g/mol. The number of halogens is 1. The summed E-state index contributed by atoms with van der Waals surface area (Å²) in [7, 11) is -1.09. The second kappa shape index (κ2) is 8.84. The van der Waals surface area contributed by atoms with Crippen molar-refractivity contribution in [2.75, 3.05) is 19.5 Å². The van der Waals surface area contributed by atoms with Crippen molar-refractivity contribution in [2.45, 2.75) is 4.90 Å². The van der Waals surface area contributed by atoms with E-state index in [9.17, 15) is 17.6 Å². The lowest BCUT2D eigenvalue weighted by atomic mass is 10.2. The van der Waals surface area contributed by atoms with E-state index in [2.05, 4.69) is 20.1 Å². The number of hydrogen-bond acceptors (Lipinski definition) is 6. The number of aromatic nitrogens is 3. The van der Waals surface area contributed by atoms with E-state index in [1.54, 1.807) is 6.07 Å². The summed E-state index contributed by atoms with van der Waals surface area (Å²) in [6.07, 6.45) is 5.29. The molecule has 30 heavy (non-hydrogen) atoms. The third kappa shape index (κ3) is 4.70. The predicted octanol–water partition coefficient (Wildman–Crippen LogP) is 1.97. The van der Waals surface area contributed by atoms with E-state index in [0.717, 1.165) is 6.07 Å². The molecule has 1 amide bonds. The Morgan fingerprint density at radius 3 is 2.67 bits per heavy atom. The van der Waals surface area contributed by atoms with Gasteiger partial charge in [-0.15, -0.1) is 0 Å². The van der Waals surface area contributed by atoms with E-state index in [4.69, 9.17) is 4.74 Å². The van der Waals surface area contributed by atoms with Gasteiger partial charge in [0.2, 0.25) is 15.9 Å². The van der Waals surface area contributed by atoms with Gasteiger partial charge in [0, 0.05) is 11.8 Å². The molecule has 2 aromatic carbocycles. The maximum absolute atomic E-state index is 14.2. The molecule has 0 saturated heterocycles. The molecule has 0 aliphatic carbocycles. The Kier molecular flexibility index (Phi) is 6.23. The summed E-state index contributed by atoms with van der Waals surface area (Å²) in [5.74, 6) is -0.926. The molecule has 0 atom stereocenters. The van der Waals surface area contributed by atoms with Crippen molar-refractivity contribution in [1.82, 2.24) is 19.5 Å². The third-order valence-electron chi connectivity index (χ3n) is 4.05. The molecule has 9 nitrogen and oxygen atoms in total. The van der Waals surface area contributed by atoms with Crippen molar-refractivity contribution in [3.63, 3.8) is 0 Å². The fraction of sp³-hybridized carbons (Fsp3) is 0.105. The third-order valence-corrected chi connectivity index (χ3v) is 5.49. The topological polar surface area (TPSA) is 115 Å². The minimum atomic E-state index is -3.74. The zero-order chi connectivity index (χ0) is 21.7. The standard InChI is InChI=1S/C19H18FN5O4S/c1-21-30(27,28)18-9-13(3-7-17(18)29-2)4-8-19(26)24-14-5-6-16(15(20)10-14)25-12-22-11-23-25/h3-12,21H,1-2H3,(H,24,26)/b8-4+. The van der Waals surface area contributed by atoms with Crippen molar-refractivity contribution < 1.29 is 22.3 Å². The van der Waals surface area contributed by atoms with Gasteiger partial charge in [-0.05, 0) is 49.0 Å². The quantitative estimate of drug-likeness (QED) is 0.553. The average Bonchev–Trinajstić information content (AvgIpc) is 3.26. The lowest BCUT2D eigenvalue weighted by Gasteiger charge is -2.09. The molecular formula is C19H18FN5O4S. The molecule has 0 fully saturated rings. The van der Waals surface area contributed by atoms with Gasteiger partial charge in [-0.1, -0.05) is 6.07 Å². The second-order valence-corrected chi connectivity index (χ2v) is 7.80. The molecule has 0 unspecified atom stereocenters. The minimum absolute atomic E-state index is 0.0548. The molecule has 3 rings (SSSR count). The molecule has 0 aliphatic heterocycles. The van der Waals surface area contributed by atoms with Crippen molar-refractivity contribution in [3.8, 4) is 11.4 Å². The summed E-state index contributed by atoms with van der Waals surface area (Å²) in [5, 5.41) is 6.39. The Morgan fingerprint density at radius 2 is 2.03 bits per heavy atom. The summed E-state index contributed by atoms with van der Waals surface area (Å²) < 4.78 is 47.0. The van der Waals surface area contributed by atoms with Crippen LogP contribution in [0.5, 0.6) is 5.75 Å². The van der Waals surface area contributed by atoms with Gasteiger partial charge in [-0.2, -0.15) is 5.10 Å². The zero-order valence-corrected chi connectivity index (χ0v) is 16.9. The fourth-order valence-electron chi connectivity index (χ4n) is 2.58. The van der Waals surface area contributed by atoms with Crippen molar-refractivity contribution in [1.29, 1.82) is 0 Å². The lowest BCUT2D eigenvalue weighted by molar-refractivity contribution is -0.111. The molecule has 2 N–H and O–H groups in total. The first-order valence-corrected chi connectivity index (χ1v) is 10.1. The molecule has 0 aliphatic rings. The molecule has 11 heteroatoms. The van der Waals surface area contributed by atoms with Crippen LogP contribution in [0.2, 0.25) is 0 Å². The minimum Gasteiger partial charge on any atom is -0.495 e. The highest BCUT2D eigenvalue weighted by Crippen LogP contribution is 2.25. The number of amides is 1. The summed E-state index contributed by atoms with van der Waals surface area (Å²) >= 11 is 0. The fourth-order valence-corrected chi connectivity index (χ4v) is 3.50. The summed E-state index contributed by atoms with van der Waals surface area (Å²) in [4.78, 5) is 15.9. The molecule has 1 aromatic heterocycles. The monoisotopic (exact) mass is 431 g/mol. The Labute approximate surface area is 172 Å². The van der Waals surface area contributed by atoms with Crippen LogP contribution >= 0.6 is 0 Å². The van der Waals surface area contributed by atoms with E-state index in [-0.39, 0.29) is 22.0 Å². The van der Waals surface area contributed by atoms with Gasteiger partial charge in [-0.3, -0.25) is 4.79 Å². The van der Waals surface area contributed by atoms with Crippen LogP contribution in [0.1, 0.15) is 5.56 Å². The van der Waals surface area contributed by atoms with Crippen LogP contribution in [0.3, 0.4) is 0 Å². The van der Waals surface area contributed by atoms with E-state index in [1.165, 1.54) is 67.9 Å². The molecule has 0 radical (unpaired) electrons. The van der Waals surface area contributed by atoms with Gasteiger partial charge in [-0.25, -0.2) is 27.2 Å². The Hall–Kier alpha value is -3.57. The number of ether oxygens (including phenoxy) is 1. The second-order valence-electron chi connectivity index (χ2n) is 5.95. The number of hydrogen-bond donors (Lipinski definition) is 2. The number of carbonyl (C=O) groups is 1. The summed E-state index contributed by atoms with van der Waals surface area (Å²) in [6, 6.07) is 8.61. The number of rotatable bonds is 7. The van der Waals surface area contributed by atoms with Crippen molar-refractivity contribution in [3.05, 3.63) is 66.5 Å². The molecule has 0 spiro atoms. The van der Waals surface area contributed by atoms with Gasteiger partial charge in [0.05, 0.1) is 7.11 Å². The number of carbonyl (C=O) groups excluding carboxylic acids is 1. The van der Waals surface area contributed by atoms with Crippen LogP contribution < -0.4 is 14.8 Å². The molecular weight excluding hydrogens is 413 g/mol. The highest BCUT2D eigenvalue weighted by atomic mass is 32.2. The van der Waals surface area contributed by atoms with Crippen LogP contribution in [0.25, 0.3) is 11.8 Å². The van der Waals surface area contributed by atoms with Crippen molar-refractivity contribution in [2.24, 2.45) is 0 Å². The number of benzene rings is 2. The molecule has 156 valence electrons. The molecule has 0 saturated carbocycles. The molecule has 1 heterocycles. The number of nitrogens with zero attached hydrogens (tertiary/aromatic N) is 3. The van der Waals surface area contributed by atoms with Crippen LogP contribution in [0.4, 0.5) is 10.1 Å². The van der Waals surface area contributed by atoms with Crippen LogP contribution in [-0.4, -0.2) is 43.2 Å². The number of sulfonamides is 1. The predicted molar refractivity (Wildman–Crippen MR) is 108 cm³/mol. The van der Waals surface area contributed by atoms with Gasteiger partial charge < -0.3 is 10.1 Å². The summed E-state index contributed by atoms with van der Waals surface area (Å²) in [6.45, 7) is 0. The van der Waals surface area contributed by atoms with Gasteiger partial charge >= 0.3 is 0 Å². The lowest BCUT2D eigenvalue weighted by Crippen LogP contribution is -2.19. The SMILES string of the molecule is CNS(=O)(=O)c1cc(/C=C/C(=O)Nc2ccc(-n3cncn3)c(F)c2)ccc1OC. The van der Waals surface area contributed by atoms with Crippen LogP contribution in [0, 0.1) is 5.82 Å². The Morgan fingerprint density at radius 1 is 1.23 bits per heavy atom. The van der Waals surface area contributed by atoms with Crippen molar-refractivity contribution >= 4 is 27.7 Å².